The van der Waals surface area contributed by atoms with Crippen LogP contribution in [-0.2, 0) is 0 Å². The molecule has 1 N–H and O–H groups in total. The van der Waals surface area contributed by atoms with Gasteiger partial charge in [0.25, 0.3) is 5.91 Å². The molecule has 4 rings (SSSR count). The topological polar surface area (TPSA) is 59.8 Å². The van der Waals surface area contributed by atoms with Gasteiger partial charge in [-0.15, -0.1) is 5.10 Å². The molecule has 0 saturated heterocycles. The summed E-state index contributed by atoms with van der Waals surface area (Å²) in [6.45, 7) is 0. The fourth-order valence-corrected chi connectivity index (χ4v) is 2.69. The molecule has 1 aromatic heterocycles. The third kappa shape index (κ3) is 3.50. The fourth-order valence-electron chi connectivity index (χ4n) is 2.69. The molecule has 0 bridgehead atoms. The Labute approximate surface area is 159 Å². The number of benzene rings is 3. The minimum absolute atomic E-state index is 0.0342. The molecule has 0 aliphatic rings. The van der Waals surface area contributed by atoms with E-state index in [0.29, 0.717) is 11.5 Å². The molecule has 0 unspecified atom stereocenters. The van der Waals surface area contributed by atoms with Gasteiger partial charge in [0.1, 0.15) is 11.6 Å². The van der Waals surface area contributed by atoms with Gasteiger partial charge in [-0.3, -0.25) is 4.79 Å². The predicted molar refractivity (Wildman–Crippen MR) is 101 cm³/mol. The van der Waals surface area contributed by atoms with Gasteiger partial charge in [-0.25, -0.2) is 18.4 Å². The van der Waals surface area contributed by atoms with E-state index in [9.17, 15) is 13.6 Å². The van der Waals surface area contributed by atoms with Gasteiger partial charge in [0, 0.05) is 5.56 Å². The lowest BCUT2D eigenvalue weighted by atomic mass is 10.2. The van der Waals surface area contributed by atoms with Crippen molar-refractivity contribution in [1.82, 2.24) is 14.8 Å². The first kappa shape index (κ1) is 17.5. The van der Waals surface area contributed by atoms with Gasteiger partial charge in [-0.1, -0.05) is 42.5 Å². The lowest BCUT2D eigenvalue weighted by Gasteiger charge is -2.05. The highest BCUT2D eigenvalue weighted by molar-refractivity contribution is 6.01. The highest BCUT2D eigenvalue weighted by atomic mass is 19.1. The Morgan fingerprint density at radius 2 is 1.54 bits per heavy atom. The second-order valence-electron chi connectivity index (χ2n) is 5.95. The van der Waals surface area contributed by atoms with Gasteiger partial charge in [0.05, 0.1) is 11.4 Å². The molecule has 0 aliphatic heterocycles. The van der Waals surface area contributed by atoms with Crippen LogP contribution in [0.1, 0.15) is 10.6 Å². The van der Waals surface area contributed by atoms with Crippen molar-refractivity contribution in [1.29, 1.82) is 0 Å². The van der Waals surface area contributed by atoms with Crippen molar-refractivity contribution in [2.45, 2.75) is 0 Å². The Bertz CT molecular complexity index is 1120. The SMILES string of the molecule is O=C(Nc1ccccc1F)c1nc(-c2ccccc2)n(-c2ccc(F)cc2)n1. The Morgan fingerprint density at radius 3 is 2.25 bits per heavy atom. The Kier molecular flexibility index (Phi) is 4.63. The van der Waals surface area contributed by atoms with Crippen LogP contribution in [0.4, 0.5) is 14.5 Å². The summed E-state index contributed by atoms with van der Waals surface area (Å²) in [5, 5.41) is 6.73. The highest BCUT2D eigenvalue weighted by Crippen LogP contribution is 2.22. The third-order valence-corrected chi connectivity index (χ3v) is 4.04. The van der Waals surface area contributed by atoms with Crippen LogP contribution in [0.25, 0.3) is 17.1 Å². The van der Waals surface area contributed by atoms with Gasteiger partial charge in [-0.2, -0.15) is 0 Å². The average Bonchev–Trinajstić information content (AvgIpc) is 3.16. The van der Waals surface area contributed by atoms with E-state index in [1.165, 1.54) is 47.1 Å². The highest BCUT2D eigenvalue weighted by Gasteiger charge is 2.19. The van der Waals surface area contributed by atoms with E-state index < -0.39 is 11.7 Å². The standard InChI is InChI=1S/C21H14F2N4O/c22-15-10-12-16(13-11-15)27-20(14-6-2-1-3-7-14)25-19(26-27)21(28)24-18-9-5-4-8-17(18)23/h1-13H,(H,24,28). The van der Waals surface area contributed by atoms with Crippen LogP contribution in [0.5, 0.6) is 0 Å². The number of anilines is 1. The van der Waals surface area contributed by atoms with E-state index in [1.54, 1.807) is 6.07 Å². The molecule has 138 valence electrons. The zero-order valence-electron chi connectivity index (χ0n) is 14.5. The molecular weight excluding hydrogens is 362 g/mol. The Morgan fingerprint density at radius 1 is 0.857 bits per heavy atom. The second kappa shape index (κ2) is 7.40. The summed E-state index contributed by atoms with van der Waals surface area (Å²) >= 11 is 0. The number of carbonyl (C=O) groups excluding carboxylic acids is 1. The third-order valence-electron chi connectivity index (χ3n) is 4.04. The van der Waals surface area contributed by atoms with Gasteiger partial charge in [-0.05, 0) is 36.4 Å². The van der Waals surface area contributed by atoms with E-state index >= 15 is 0 Å². The largest absolute Gasteiger partial charge is 0.317 e. The molecule has 7 heteroatoms. The monoisotopic (exact) mass is 376 g/mol. The maximum Gasteiger partial charge on any atom is 0.295 e. The van der Waals surface area contributed by atoms with Crippen molar-refractivity contribution in [3.05, 3.63) is 96.3 Å². The van der Waals surface area contributed by atoms with E-state index in [1.807, 2.05) is 30.3 Å². The molecule has 0 aliphatic carbocycles. The second-order valence-corrected chi connectivity index (χ2v) is 5.95. The number of nitrogens with zero attached hydrogens (tertiary/aromatic N) is 3. The first-order chi connectivity index (χ1) is 13.6. The number of nitrogens with one attached hydrogen (secondary N) is 1. The van der Waals surface area contributed by atoms with Crippen molar-refractivity contribution in [2.75, 3.05) is 5.32 Å². The fraction of sp³-hybridized carbons (Fsp3) is 0. The zero-order valence-corrected chi connectivity index (χ0v) is 14.5. The number of rotatable bonds is 4. The van der Waals surface area contributed by atoms with Crippen molar-refractivity contribution in [2.24, 2.45) is 0 Å². The zero-order chi connectivity index (χ0) is 19.5. The minimum Gasteiger partial charge on any atom is -0.317 e. The van der Waals surface area contributed by atoms with Gasteiger partial charge in [0.15, 0.2) is 5.82 Å². The summed E-state index contributed by atoms with van der Waals surface area (Å²) in [5.74, 6) is -1.32. The first-order valence-electron chi connectivity index (χ1n) is 8.46. The van der Waals surface area contributed by atoms with Gasteiger partial charge < -0.3 is 5.32 Å². The summed E-state index contributed by atoms with van der Waals surface area (Å²) < 4.78 is 28.6. The molecule has 1 amide bonds. The van der Waals surface area contributed by atoms with Crippen molar-refractivity contribution < 1.29 is 13.6 Å². The Hall–Kier alpha value is -3.87. The molecule has 0 atom stereocenters. The van der Waals surface area contributed by atoms with Crippen LogP contribution in [0.3, 0.4) is 0 Å². The molecule has 1 heterocycles. The van der Waals surface area contributed by atoms with Crippen LogP contribution < -0.4 is 5.32 Å². The Balaban J connectivity index is 1.76. The number of hydrogen-bond donors (Lipinski definition) is 1. The molecular formula is C21H14F2N4O. The first-order valence-corrected chi connectivity index (χ1v) is 8.46. The minimum atomic E-state index is -0.650. The van der Waals surface area contributed by atoms with Gasteiger partial charge in [0.2, 0.25) is 5.82 Å². The predicted octanol–water partition coefficient (Wildman–Crippen LogP) is 4.46. The van der Waals surface area contributed by atoms with E-state index in [0.717, 1.165) is 5.56 Å². The van der Waals surface area contributed by atoms with Crippen LogP contribution in [0, 0.1) is 11.6 Å². The van der Waals surface area contributed by atoms with Crippen LogP contribution in [-0.4, -0.2) is 20.7 Å². The van der Waals surface area contributed by atoms with Crippen molar-refractivity contribution >= 4 is 11.6 Å². The molecule has 0 saturated carbocycles. The molecule has 4 aromatic rings. The smallest absolute Gasteiger partial charge is 0.295 e. The summed E-state index contributed by atoms with van der Waals surface area (Å²) in [5.41, 5.74) is 1.30. The van der Waals surface area contributed by atoms with E-state index in [4.69, 9.17) is 0 Å². The molecule has 0 radical (unpaired) electrons. The van der Waals surface area contributed by atoms with Gasteiger partial charge >= 0.3 is 0 Å². The maximum absolute atomic E-state index is 13.8. The quantitative estimate of drug-likeness (QED) is 0.572. The number of para-hydroxylation sites is 1. The maximum atomic E-state index is 13.8. The van der Waals surface area contributed by atoms with Crippen LogP contribution >= 0.6 is 0 Å². The lowest BCUT2D eigenvalue weighted by molar-refractivity contribution is 0.101. The van der Waals surface area contributed by atoms with Crippen molar-refractivity contribution in [3.63, 3.8) is 0 Å². The summed E-state index contributed by atoms with van der Waals surface area (Å²) in [6.07, 6.45) is 0. The lowest BCUT2D eigenvalue weighted by Crippen LogP contribution is -2.15. The average molecular weight is 376 g/mol. The van der Waals surface area contributed by atoms with Crippen LogP contribution in [0.2, 0.25) is 0 Å². The summed E-state index contributed by atoms with van der Waals surface area (Å²) in [4.78, 5) is 16.9. The van der Waals surface area contributed by atoms with Crippen LogP contribution in [0.15, 0.2) is 78.9 Å². The van der Waals surface area contributed by atoms with Crippen molar-refractivity contribution in [3.8, 4) is 17.1 Å². The van der Waals surface area contributed by atoms with E-state index in [2.05, 4.69) is 15.4 Å². The molecule has 28 heavy (non-hydrogen) atoms. The number of halogens is 2. The molecule has 5 nitrogen and oxygen atoms in total. The number of hydrogen-bond acceptors (Lipinski definition) is 3. The molecule has 0 spiro atoms. The number of amides is 1. The normalized spacial score (nSPS) is 10.6. The van der Waals surface area contributed by atoms with E-state index in [-0.39, 0.29) is 17.3 Å². The molecule has 0 fully saturated rings. The molecule has 3 aromatic carbocycles. The number of carbonyl (C=O) groups is 1. The summed E-state index contributed by atoms with van der Waals surface area (Å²) in [7, 11) is 0. The summed E-state index contributed by atoms with van der Waals surface area (Å²) in [6, 6.07) is 20.7. The number of aromatic nitrogens is 3.